The van der Waals surface area contributed by atoms with Crippen LogP contribution in [-0.2, 0) is 40.8 Å². The molecule has 2 aliphatic heterocycles. The van der Waals surface area contributed by atoms with Gasteiger partial charge in [0.15, 0.2) is 11.2 Å². The van der Waals surface area contributed by atoms with Crippen molar-refractivity contribution in [2.45, 2.75) is 50.3 Å². The number of esters is 1. The molecule has 3 unspecified atom stereocenters. The summed E-state index contributed by atoms with van der Waals surface area (Å²) in [6, 6.07) is 13.8. The minimum Gasteiger partial charge on any atom is -0.424 e. The number of imidazole rings is 1. The standard InChI is InChI=1S/C32H31ClF3N7O5/c1-40-25-24(42(16-20-8-4-5-9-22(20)33)30(39-25)41-11-10-19-14-37-15-23(19)41)27(45)43(31(40)47)28(48-29(46)32(34,35)36)26(44)38-21-12-17-6-2-3-7-18(17)13-21/h2-9,19,21,23,28,37H,10-16H2,1H3,(H,38,44). The fourth-order valence-corrected chi connectivity index (χ4v) is 7.32. The van der Waals surface area contributed by atoms with Crippen molar-refractivity contribution in [2.24, 2.45) is 13.0 Å². The Labute approximate surface area is 276 Å². The van der Waals surface area contributed by atoms with Gasteiger partial charge < -0.3 is 20.3 Å². The van der Waals surface area contributed by atoms with Crippen LogP contribution < -0.4 is 26.8 Å². The van der Waals surface area contributed by atoms with Gasteiger partial charge in [0, 0.05) is 43.8 Å². The number of rotatable bonds is 7. The summed E-state index contributed by atoms with van der Waals surface area (Å²) in [5.41, 5.74) is -0.0890. The summed E-state index contributed by atoms with van der Waals surface area (Å²) in [6.45, 7) is 2.11. The van der Waals surface area contributed by atoms with Gasteiger partial charge in [-0.25, -0.2) is 14.2 Å². The van der Waals surface area contributed by atoms with Crippen molar-refractivity contribution in [1.82, 2.24) is 29.3 Å². The van der Waals surface area contributed by atoms with Gasteiger partial charge in [0.1, 0.15) is 0 Å². The molecule has 16 heteroatoms. The van der Waals surface area contributed by atoms with E-state index in [4.69, 9.17) is 16.6 Å². The Hall–Kier alpha value is -4.63. The Bertz CT molecular complexity index is 2030. The fraction of sp³-hybridized carbons (Fsp3) is 0.406. The maximum absolute atomic E-state index is 14.4. The number of hydrogen-bond acceptors (Lipinski definition) is 8. The monoisotopic (exact) mass is 685 g/mol. The fourth-order valence-electron chi connectivity index (χ4n) is 7.12. The van der Waals surface area contributed by atoms with E-state index >= 15 is 0 Å². The van der Waals surface area contributed by atoms with E-state index < -0.39 is 41.6 Å². The van der Waals surface area contributed by atoms with Gasteiger partial charge in [-0.05, 0) is 47.9 Å². The number of alkyl halides is 3. The first-order valence-corrected chi connectivity index (χ1v) is 15.9. The number of aryl methyl sites for hydroxylation is 1. The van der Waals surface area contributed by atoms with Crippen molar-refractivity contribution < 1.29 is 27.5 Å². The predicted molar refractivity (Wildman–Crippen MR) is 169 cm³/mol. The molecule has 0 spiro atoms. The molecule has 1 amide bonds. The molecule has 7 rings (SSSR count). The zero-order valence-electron chi connectivity index (χ0n) is 25.7. The Balaban J connectivity index is 1.37. The highest BCUT2D eigenvalue weighted by molar-refractivity contribution is 6.31. The van der Waals surface area contributed by atoms with E-state index in [2.05, 4.69) is 15.4 Å². The van der Waals surface area contributed by atoms with Crippen molar-refractivity contribution in [3.63, 3.8) is 0 Å². The van der Waals surface area contributed by atoms with E-state index in [1.54, 1.807) is 28.8 Å². The van der Waals surface area contributed by atoms with Crippen molar-refractivity contribution in [2.75, 3.05) is 24.5 Å². The van der Waals surface area contributed by atoms with Crippen molar-refractivity contribution >= 4 is 40.6 Å². The Kier molecular flexibility index (Phi) is 8.06. The van der Waals surface area contributed by atoms with Crippen molar-refractivity contribution in [1.29, 1.82) is 0 Å². The third-order valence-corrected chi connectivity index (χ3v) is 9.82. The second-order valence-corrected chi connectivity index (χ2v) is 12.8. The molecule has 0 radical (unpaired) electrons. The van der Waals surface area contributed by atoms with Gasteiger partial charge in [-0.1, -0.05) is 54.1 Å². The summed E-state index contributed by atoms with van der Waals surface area (Å²) in [4.78, 5) is 60.9. The number of carbonyl (C=O) groups excluding carboxylic acids is 2. The maximum Gasteiger partial charge on any atom is 0.491 e. The number of nitrogens with zero attached hydrogens (tertiary/aromatic N) is 5. The molecule has 2 saturated heterocycles. The highest BCUT2D eigenvalue weighted by Gasteiger charge is 2.46. The lowest BCUT2D eigenvalue weighted by molar-refractivity contribution is -0.210. The average Bonchev–Trinajstić information content (AvgIpc) is 3.83. The highest BCUT2D eigenvalue weighted by atomic mass is 35.5. The van der Waals surface area contributed by atoms with Crippen LogP contribution in [0.15, 0.2) is 58.1 Å². The molecule has 0 bridgehead atoms. The highest BCUT2D eigenvalue weighted by Crippen LogP contribution is 2.34. The third kappa shape index (κ3) is 5.53. The topological polar surface area (TPSA) is 132 Å². The second kappa shape index (κ2) is 12.1. The number of halogens is 4. The van der Waals surface area contributed by atoms with Gasteiger partial charge in [0.2, 0.25) is 5.95 Å². The van der Waals surface area contributed by atoms with Gasteiger partial charge in [-0.3, -0.25) is 18.7 Å². The van der Waals surface area contributed by atoms with E-state index in [0.29, 0.717) is 48.4 Å². The van der Waals surface area contributed by atoms with Gasteiger partial charge in [-0.2, -0.15) is 18.2 Å². The van der Waals surface area contributed by atoms with Gasteiger partial charge >= 0.3 is 17.8 Å². The van der Waals surface area contributed by atoms with Crippen LogP contribution in [0.3, 0.4) is 0 Å². The molecule has 4 heterocycles. The summed E-state index contributed by atoms with van der Waals surface area (Å²) in [6.07, 6.45) is -6.51. The average molecular weight is 686 g/mol. The third-order valence-electron chi connectivity index (χ3n) is 9.46. The summed E-state index contributed by atoms with van der Waals surface area (Å²) in [5, 5.41) is 6.35. The van der Waals surface area contributed by atoms with Crippen LogP contribution in [0.1, 0.15) is 29.3 Å². The summed E-state index contributed by atoms with van der Waals surface area (Å²) in [5.74, 6) is -3.28. The van der Waals surface area contributed by atoms with Crippen LogP contribution in [-0.4, -0.2) is 68.5 Å². The van der Waals surface area contributed by atoms with Crippen LogP contribution in [0.5, 0.6) is 0 Å². The first kappa shape index (κ1) is 31.9. The van der Waals surface area contributed by atoms with E-state index in [1.165, 1.54) is 7.05 Å². The lowest BCUT2D eigenvalue weighted by Gasteiger charge is -2.25. The molecule has 3 atom stereocenters. The first-order chi connectivity index (χ1) is 22.9. The number of fused-ring (bicyclic) bond motifs is 3. The SMILES string of the molecule is Cn1c(=O)n(C(OC(=O)C(F)(F)F)C(=O)NC2Cc3ccccc3C2)c(=O)c2c1nc(N1CCC3CNCC31)n2Cc1ccccc1Cl. The number of amides is 1. The molecule has 252 valence electrons. The second-order valence-electron chi connectivity index (χ2n) is 12.4. The van der Waals surface area contributed by atoms with Crippen LogP contribution in [0.25, 0.3) is 11.2 Å². The summed E-state index contributed by atoms with van der Waals surface area (Å²) < 4.78 is 48.0. The number of carbonyl (C=O) groups is 2. The molecular weight excluding hydrogens is 655 g/mol. The molecule has 48 heavy (non-hydrogen) atoms. The molecule has 2 N–H and O–H groups in total. The van der Waals surface area contributed by atoms with E-state index in [9.17, 15) is 32.3 Å². The molecular formula is C32H31ClF3N7O5. The van der Waals surface area contributed by atoms with Crippen molar-refractivity contribution in [3.8, 4) is 0 Å². The van der Waals surface area contributed by atoms with E-state index in [1.807, 2.05) is 29.2 Å². The molecule has 2 aromatic carbocycles. The molecule has 2 aromatic heterocycles. The Morgan fingerprint density at radius 2 is 1.77 bits per heavy atom. The van der Waals surface area contributed by atoms with Crippen LogP contribution >= 0.6 is 11.6 Å². The first-order valence-electron chi connectivity index (χ1n) is 15.5. The molecule has 1 aliphatic carbocycles. The molecule has 3 aliphatic rings. The van der Waals surface area contributed by atoms with Crippen LogP contribution in [0.4, 0.5) is 19.1 Å². The number of aromatic nitrogens is 4. The van der Waals surface area contributed by atoms with Crippen LogP contribution in [0.2, 0.25) is 5.02 Å². The molecule has 2 fully saturated rings. The number of hydrogen-bond donors (Lipinski definition) is 2. The smallest absolute Gasteiger partial charge is 0.424 e. The lowest BCUT2D eigenvalue weighted by atomic mass is 10.1. The van der Waals surface area contributed by atoms with Gasteiger partial charge in [-0.15, -0.1) is 0 Å². The zero-order chi connectivity index (χ0) is 33.9. The summed E-state index contributed by atoms with van der Waals surface area (Å²) >= 11 is 6.51. The Morgan fingerprint density at radius 3 is 2.46 bits per heavy atom. The van der Waals surface area contributed by atoms with Crippen molar-refractivity contribution in [3.05, 3.63) is 91.1 Å². The predicted octanol–water partition coefficient (Wildman–Crippen LogP) is 2.28. The minimum absolute atomic E-state index is 0.0137. The molecule has 12 nitrogen and oxygen atoms in total. The quantitative estimate of drug-likeness (QED) is 0.284. The van der Waals surface area contributed by atoms with E-state index in [0.717, 1.165) is 28.7 Å². The maximum atomic E-state index is 14.4. The van der Waals surface area contributed by atoms with E-state index in [-0.39, 0.29) is 28.3 Å². The number of ether oxygens (including phenoxy) is 1. The minimum atomic E-state index is -5.51. The van der Waals surface area contributed by atoms with Crippen LogP contribution in [0, 0.1) is 5.92 Å². The lowest BCUT2D eigenvalue weighted by Crippen LogP contribution is -2.51. The normalized spacial score (nSPS) is 19.8. The zero-order valence-corrected chi connectivity index (χ0v) is 26.4. The molecule has 4 aromatic rings. The largest absolute Gasteiger partial charge is 0.491 e. The number of anilines is 1. The number of benzene rings is 2. The summed E-state index contributed by atoms with van der Waals surface area (Å²) in [7, 11) is 1.29. The molecule has 0 saturated carbocycles. The Morgan fingerprint density at radius 1 is 1.08 bits per heavy atom. The van der Waals surface area contributed by atoms with Gasteiger partial charge in [0.05, 0.1) is 6.54 Å². The van der Waals surface area contributed by atoms with Gasteiger partial charge in [0.25, 0.3) is 17.7 Å². The number of nitrogens with one attached hydrogen (secondary N) is 2.